The summed E-state index contributed by atoms with van der Waals surface area (Å²) in [4.78, 5) is 9.59. The summed E-state index contributed by atoms with van der Waals surface area (Å²) in [6.07, 6.45) is 0.444. The first-order valence-corrected chi connectivity index (χ1v) is 6.39. The molecule has 15 heavy (non-hydrogen) atoms. The molecule has 0 atom stereocenters. The van der Waals surface area contributed by atoms with Crippen LogP contribution in [0.3, 0.4) is 0 Å². The average molecular weight is 250 g/mol. The van der Waals surface area contributed by atoms with Crippen molar-refractivity contribution < 1.29 is 13.3 Å². The van der Waals surface area contributed by atoms with Crippen molar-refractivity contribution in [2.45, 2.75) is 18.2 Å². The van der Waals surface area contributed by atoms with Crippen LogP contribution in [-0.4, -0.2) is 13.3 Å². The van der Waals surface area contributed by atoms with Crippen molar-refractivity contribution in [3.63, 3.8) is 0 Å². The van der Waals surface area contributed by atoms with Crippen molar-refractivity contribution in [2.24, 2.45) is 0 Å². The second-order valence-corrected chi connectivity index (χ2v) is 5.37. The van der Waals surface area contributed by atoms with Crippen molar-refractivity contribution in [3.05, 3.63) is 33.9 Å². The van der Waals surface area contributed by atoms with Crippen molar-refractivity contribution in [1.29, 1.82) is 0 Å². The van der Waals surface area contributed by atoms with Crippen LogP contribution in [0, 0.1) is 10.1 Å². The number of nitrogens with zero attached hydrogens (tertiary/aromatic N) is 1. The zero-order chi connectivity index (χ0) is 11.6. The summed E-state index contributed by atoms with van der Waals surface area (Å²) >= 11 is 0. The molecule has 0 aliphatic carbocycles. The predicted octanol–water partition coefficient (Wildman–Crippen LogP) is 2.08. The summed E-state index contributed by atoms with van der Waals surface area (Å²) in [5.74, 6) is 0. The standard InChI is InChI=1S/C8H8ClNO4S/c1-2-6-3-4-7(10(11)12)5-8(6)15(9,13)14/h3-5H,2H2,1H3. The molecular formula is C8H8ClNO4S. The Labute approximate surface area is 91.2 Å². The van der Waals surface area contributed by atoms with Gasteiger partial charge in [0.05, 0.1) is 9.82 Å². The fraction of sp³-hybridized carbons (Fsp3) is 0.250. The van der Waals surface area contributed by atoms with Crippen molar-refractivity contribution in [1.82, 2.24) is 0 Å². The van der Waals surface area contributed by atoms with Crippen LogP contribution in [0.1, 0.15) is 12.5 Å². The SMILES string of the molecule is CCc1ccc([N+](=O)[O-])cc1S(=O)(=O)Cl. The lowest BCUT2D eigenvalue weighted by molar-refractivity contribution is -0.385. The Hall–Kier alpha value is -1.14. The highest BCUT2D eigenvalue weighted by molar-refractivity contribution is 8.13. The predicted molar refractivity (Wildman–Crippen MR) is 55.5 cm³/mol. The van der Waals surface area contributed by atoms with Crippen molar-refractivity contribution in [3.8, 4) is 0 Å². The number of hydrogen-bond donors (Lipinski definition) is 0. The van der Waals surface area contributed by atoms with E-state index in [2.05, 4.69) is 0 Å². The normalized spacial score (nSPS) is 11.3. The summed E-state index contributed by atoms with van der Waals surface area (Å²) in [5, 5.41) is 10.4. The first-order valence-electron chi connectivity index (χ1n) is 4.08. The average Bonchev–Trinajstić information content (AvgIpc) is 2.15. The number of halogens is 1. The number of hydrogen-bond acceptors (Lipinski definition) is 4. The number of rotatable bonds is 3. The third-order valence-electron chi connectivity index (χ3n) is 1.91. The molecule has 0 amide bonds. The highest BCUT2D eigenvalue weighted by Crippen LogP contribution is 2.25. The first-order chi connectivity index (χ1) is 6.86. The fourth-order valence-electron chi connectivity index (χ4n) is 1.18. The number of nitro groups is 1. The van der Waals surface area contributed by atoms with Crippen LogP contribution in [0.4, 0.5) is 5.69 Å². The van der Waals surface area contributed by atoms with E-state index in [-0.39, 0.29) is 10.6 Å². The van der Waals surface area contributed by atoms with Gasteiger partial charge in [0.2, 0.25) is 0 Å². The first kappa shape index (κ1) is 11.9. The molecule has 0 bridgehead atoms. The molecular weight excluding hydrogens is 242 g/mol. The minimum absolute atomic E-state index is 0.194. The Morgan fingerprint density at radius 2 is 2.07 bits per heavy atom. The molecule has 0 fully saturated rings. The molecule has 1 rings (SSSR count). The third-order valence-corrected chi connectivity index (χ3v) is 3.31. The molecule has 1 aromatic carbocycles. The lowest BCUT2D eigenvalue weighted by Gasteiger charge is -2.03. The summed E-state index contributed by atoms with van der Waals surface area (Å²) in [6, 6.07) is 3.62. The van der Waals surface area contributed by atoms with Gasteiger partial charge in [0.1, 0.15) is 0 Å². The van der Waals surface area contributed by atoms with E-state index >= 15 is 0 Å². The molecule has 0 saturated carbocycles. The summed E-state index contributed by atoms with van der Waals surface area (Å²) in [7, 11) is 1.23. The van der Waals surface area contributed by atoms with Gasteiger partial charge in [0.15, 0.2) is 0 Å². The molecule has 0 aliphatic rings. The second-order valence-electron chi connectivity index (χ2n) is 2.84. The van der Waals surface area contributed by atoms with Crippen molar-refractivity contribution in [2.75, 3.05) is 0 Å². The smallest absolute Gasteiger partial charge is 0.258 e. The van der Waals surface area contributed by atoms with Gasteiger partial charge in [0, 0.05) is 22.8 Å². The molecule has 7 heteroatoms. The zero-order valence-corrected chi connectivity index (χ0v) is 9.38. The van der Waals surface area contributed by atoms with Gasteiger partial charge in [-0.25, -0.2) is 8.42 Å². The molecule has 0 saturated heterocycles. The summed E-state index contributed by atoms with van der Waals surface area (Å²) in [6.45, 7) is 1.74. The summed E-state index contributed by atoms with van der Waals surface area (Å²) in [5.41, 5.74) is 0.182. The Kier molecular flexibility index (Phi) is 3.31. The van der Waals surface area contributed by atoms with E-state index in [4.69, 9.17) is 10.7 Å². The van der Waals surface area contributed by atoms with E-state index in [0.29, 0.717) is 12.0 Å². The zero-order valence-electron chi connectivity index (χ0n) is 7.81. The minimum Gasteiger partial charge on any atom is -0.258 e. The molecule has 0 spiro atoms. The topological polar surface area (TPSA) is 77.3 Å². The Morgan fingerprint density at radius 1 is 1.47 bits per heavy atom. The molecule has 0 unspecified atom stereocenters. The van der Waals surface area contributed by atoms with Crippen molar-refractivity contribution >= 4 is 25.4 Å². The molecule has 0 radical (unpaired) electrons. The number of aryl methyl sites for hydroxylation is 1. The van der Waals surface area contributed by atoms with Crippen LogP contribution in [0.25, 0.3) is 0 Å². The van der Waals surface area contributed by atoms with Gasteiger partial charge in [-0.05, 0) is 12.0 Å². The largest absolute Gasteiger partial charge is 0.270 e. The van der Waals surface area contributed by atoms with Gasteiger partial charge in [-0.2, -0.15) is 0 Å². The van der Waals surface area contributed by atoms with E-state index in [1.54, 1.807) is 6.92 Å². The van der Waals surface area contributed by atoms with E-state index < -0.39 is 14.0 Å². The lowest BCUT2D eigenvalue weighted by atomic mass is 10.1. The number of non-ortho nitro benzene ring substituents is 1. The molecule has 0 N–H and O–H groups in total. The van der Waals surface area contributed by atoms with Gasteiger partial charge in [-0.1, -0.05) is 13.0 Å². The fourth-order valence-corrected chi connectivity index (χ4v) is 2.39. The van der Waals surface area contributed by atoms with Gasteiger partial charge in [0.25, 0.3) is 14.7 Å². The van der Waals surface area contributed by atoms with E-state index in [0.717, 1.165) is 6.07 Å². The molecule has 5 nitrogen and oxygen atoms in total. The Morgan fingerprint density at radius 3 is 2.47 bits per heavy atom. The van der Waals surface area contributed by atoms with Crippen LogP contribution >= 0.6 is 10.7 Å². The maximum absolute atomic E-state index is 11.1. The molecule has 0 aromatic heterocycles. The molecule has 1 aromatic rings. The van der Waals surface area contributed by atoms with Gasteiger partial charge >= 0.3 is 0 Å². The highest BCUT2D eigenvalue weighted by atomic mass is 35.7. The Bertz CT molecular complexity index is 497. The van der Waals surface area contributed by atoms with Crippen LogP contribution in [0.15, 0.2) is 23.1 Å². The van der Waals surface area contributed by atoms with Crippen LogP contribution in [0.2, 0.25) is 0 Å². The Balaban J connectivity index is 3.46. The molecule has 0 aliphatic heterocycles. The van der Waals surface area contributed by atoms with Gasteiger partial charge < -0.3 is 0 Å². The van der Waals surface area contributed by atoms with Crippen LogP contribution in [-0.2, 0) is 15.5 Å². The maximum atomic E-state index is 11.1. The van der Waals surface area contributed by atoms with Gasteiger partial charge in [-0.15, -0.1) is 0 Å². The van der Waals surface area contributed by atoms with Crippen LogP contribution < -0.4 is 0 Å². The minimum atomic E-state index is -3.93. The van der Waals surface area contributed by atoms with E-state index in [1.807, 2.05) is 0 Å². The number of benzene rings is 1. The maximum Gasteiger partial charge on any atom is 0.270 e. The number of nitro benzene ring substituents is 1. The highest BCUT2D eigenvalue weighted by Gasteiger charge is 2.18. The second kappa shape index (κ2) is 4.16. The molecule has 0 heterocycles. The quantitative estimate of drug-likeness (QED) is 0.467. The lowest BCUT2D eigenvalue weighted by Crippen LogP contribution is -1.99. The van der Waals surface area contributed by atoms with E-state index in [9.17, 15) is 18.5 Å². The summed E-state index contributed by atoms with van der Waals surface area (Å²) < 4.78 is 22.3. The molecule has 82 valence electrons. The van der Waals surface area contributed by atoms with E-state index in [1.165, 1.54) is 12.1 Å². The van der Waals surface area contributed by atoms with Crippen LogP contribution in [0.5, 0.6) is 0 Å². The van der Waals surface area contributed by atoms with Gasteiger partial charge in [-0.3, -0.25) is 10.1 Å². The monoisotopic (exact) mass is 249 g/mol. The third kappa shape index (κ3) is 2.66.